The van der Waals surface area contributed by atoms with E-state index in [2.05, 4.69) is 22.9 Å². The smallest absolute Gasteiger partial charge is 0.270 e. The molecule has 0 spiro atoms. The third-order valence-electron chi connectivity index (χ3n) is 3.17. The van der Waals surface area contributed by atoms with Gasteiger partial charge in [0.05, 0.1) is 0 Å². The van der Waals surface area contributed by atoms with Crippen LogP contribution in [0.4, 0.5) is 0 Å². The maximum atomic E-state index is 12.4. The van der Waals surface area contributed by atoms with Crippen LogP contribution in [0.1, 0.15) is 23.8 Å². The normalized spacial score (nSPS) is 25.1. The highest BCUT2D eigenvalue weighted by Crippen LogP contribution is 2.20. The molecule has 0 bridgehead atoms. The first kappa shape index (κ1) is 12.6. The fraction of sp³-hybridized carbons (Fsp3) is 0.583. The molecule has 1 aromatic rings. The maximum absolute atomic E-state index is 12.4. The lowest BCUT2D eigenvalue weighted by molar-refractivity contribution is 0.0651. The van der Waals surface area contributed by atoms with E-state index >= 15 is 0 Å². The Morgan fingerprint density at radius 1 is 1.53 bits per heavy atom. The first-order chi connectivity index (χ1) is 7.97. The summed E-state index contributed by atoms with van der Waals surface area (Å²) in [6.45, 7) is 3.60. The molecule has 17 heavy (non-hydrogen) atoms. The summed E-state index contributed by atoms with van der Waals surface area (Å²) < 4.78 is 2.77. The van der Waals surface area contributed by atoms with E-state index in [-0.39, 0.29) is 11.9 Å². The van der Waals surface area contributed by atoms with Gasteiger partial charge in [-0.25, -0.2) is 0 Å². The molecule has 4 nitrogen and oxygen atoms in total. The number of aryl methyl sites for hydroxylation is 1. The van der Waals surface area contributed by atoms with E-state index in [4.69, 9.17) is 5.73 Å². The summed E-state index contributed by atoms with van der Waals surface area (Å²) in [6.07, 6.45) is 2.89. The van der Waals surface area contributed by atoms with Gasteiger partial charge in [-0.05, 0) is 34.3 Å². The van der Waals surface area contributed by atoms with E-state index in [0.29, 0.717) is 18.2 Å². The minimum Gasteiger partial charge on any atom is -0.345 e. The molecule has 0 radical (unpaired) electrons. The summed E-state index contributed by atoms with van der Waals surface area (Å²) in [5.41, 5.74) is 6.67. The van der Waals surface area contributed by atoms with Crippen LogP contribution in [0.2, 0.25) is 0 Å². The van der Waals surface area contributed by atoms with Crippen molar-refractivity contribution < 1.29 is 4.79 Å². The van der Waals surface area contributed by atoms with Crippen LogP contribution in [0.3, 0.4) is 0 Å². The van der Waals surface area contributed by atoms with Gasteiger partial charge in [-0.2, -0.15) is 0 Å². The van der Waals surface area contributed by atoms with Crippen LogP contribution in [0.5, 0.6) is 0 Å². The number of carbonyl (C=O) groups is 1. The van der Waals surface area contributed by atoms with Gasteiger partial charge >= 0.3 is 0 Å². The molecule has 94 valence electrons. The molecule has 1 fully saturated rings. The van der Waals surface area contributed by atoms with Crippen LogP contribution < -0.4 is 5.73 Å². The van der Waals surface area contributed by atoms with E-state index < -0.39 is 0 Å². The molecule has 0 aromatic carbocycles. The molecule has 1 saturated heterocycles. The molecule has 2 rings (SSSR count). The summed E-state index contributed by atoms with van der Waals surface area (Å²) in [6, 6.07) is 1.96. The van der Waals surface area contributed by atoms with Gasteiger partial charge in [0.15, 0.2) is 0 Å². The summed E-state index contributed by atoms with van der Waals surface area (Å²) >= 11 is 3.38. The van der Waals surface area contributed by atoms with Gasteiger partial charge in [0.1, 0.15) is 5.69 Å². The number of hydrogen-bond acceptors (Lipinski definition) is 2. The van der Waals surface area contributed by atoms with Crippen molar-refractivity contribution in [2.75, 3.05) is 13.1 Å². The molecule has 1 amide bonds. The highest BCUT2D eigenvalue weighted by molar-refractivity contribution is 9.10. The van der Waals surface area contributed by atoms with Crippen molar-refractivity contribution in [2.24, 2.45) is 18.7 Å². The van der Waals surface area contributed by atoms with Gasteiger partial charge in [-0.3, -0.25) is 4.79 Å². The highest BCUT2D eigenvalue weighted by Gasteiger charge is 2.27. The summed E-state index contributed by atoms with van der Waals surface area (Å²) in [5, 5.41) is 0. The van der Waals surface area contributed by atoms with Crippen LogP contribution >= 0.6 is 15.9 Å². The molecule has 1 aromatic heterocycles. The van der Waals surface area contributed by atoms with Crippen molar-refractivity contribution in [3.05, 3.63) is 22.4 Å². The third kappa shape index (κ3) is 2.72. The van der Waals surface area contributed by atoms with Gasteiger partial charge in [0, 0.05) is 36.8 Å². The number of likely N-dealkylation sites (tertiary alicyclic amines) is 1. The molecular formula is C12H18BrN3O. The predicted octanol–water partition coefficient (Wildman–Crippen LogP) is 1.60. The first-order valence-electron chi connectivity index (χ1n) is 5.84. The van der Waals surface area contributed by atoms with Crippen LogP contribution in [-0.2, 0) is 7.05 Å². The highest BCUT2D eigenvalue weighted by atomic mass is 79.9. The molecule has 0 saturated carbocycles. The number of halogens is 1. The van der Waals surface area contributed by atoms with Crippen molar-refractivity contribution in [2.45, 2.75) is 19.4 Å². The molecule has 2 N–H and O–H groups in total. The third-order valence-corrected chi connectivity index (χ3v) is 3.60. The monoisotopic (exact) mass is 299 g/mol. The Kier molecular flexibility index (Phi) is 3.58. The summed E-state index contributed by atoms with van der Waals surface area (Å²) in [4.78, 5) is 14.2. The van der Waals surface area contributed by atoms with Crippen LogP contribution in [0.25, 0.3) is 0 Å². The zero-order valence-electron chi connectivity index (χ0n) is 10.2. The Morgan fingerprint density at radius 2 is 2.24 bits per heavy atom. The summed E-state index contributed by atoms with van der Waals surface area (Å²) in [5.74, 6) is 0.548. The molecule has 5 heteroatoms. The maximum Gasteiger partial charge on any atom is 0.270 e. The van der Waals surface area contributed by atoms with E-state index in [1.807, 2.05) is 28.8 Å². The van der Waals surface area contributed by atoms with Crippen molar-refractivity contribution >= 4 is 21.8 Å². The second kappa shape index (κ2) is 4.82. The Labute approximate surface area is 110 Å². The van der Waals surface area contributed by atoms with E-state index in [1.54, 1.807) is 0 Å². The quantitative estimate of drug-likeness (QED) is 0.856. The van der Waals surface area contributed by atoms with Crippen molar-refractivity contribution in [1.82, 2.24) is 9.47 Å². The van der Waals surface area contributed by atoms with Crippen LogP contribution in [0.15, 0.2) is 16.7 Å². The molecule has 0 aliphatic carbocycles. The SMILES string of the molecule is CC1CC(N)CN(C(=O)c2cc(Br)cn2C)C1. The Bertz CT molecular complexity index is 419. The Balaban J connectivity index is 2.17. The van der Waals surface area contributed by atoms with E-state index in [0.717, 1.165) is 17.4 Å². The largest absolute Gasteiger partial charge is 0.345 e. The zero-order valence-corrected chi connectivity index (χ0v) is 11.8. The zero-order chi connectivity index (χ0) is 12.6. The van der Waals surface area contributed by atoms with Gasteiger partial charge < -0.3 is 15.2 Å². The number of aromatic nitrogens is 1. The fourth-order valence-electron chi connectivity index (χ4n) is 2.46. The number of piperidine rings is 1. The standard InChI is InChI=1S/C12H18BrN3O/c1-8-3-10(14)7-16(5-8)12(17)11-4-9(13)6-15(11)2/h4,6,8,10H,3,5,7,14H2,1-2H3. The molecule has 2 unspecified atom stereocenters. The second-order valence-corrected chi connectivity index (χ2v) is 5.88. The van der Waals surface area contributed by atoms with E-state index in [9.17, 15) is 4.79 Å². The molecule has 2 atom stereocenters. The van der Waals surface area contributed by atoms with E-state index in [1.165, 1.54) is 0 Å². The predicted molar refractivity (Wildman–Crippen MR) is 70.8 cm³/mol. The van der Waals surface area contributed by atoms with Crippen molar-refractivity contribution in [3.63, 3.8) is 0 Å². The average Bonchev–Trinajstić information content (AvgIpc) is 2.55. The van der Waals surface area contributed by atoms with Crippen molar-refractivity contribution in [3.8, 4) is 0 Å². The molecule has 2 heterocycles. The summed E-state index contributed by atoms with van der Waals surface area (Å²) in [7, 11) is 1.88. The number of carbonyl (C=O) groups excluding carboxylic acids is 1. The second-order valence-electron chi connectivity index (χ2n) is 4.97. The lowest BCUT2D eigenvalue weighted by Gasteiger charge is -2.34. The Hall–Kier alpha value is -0.810. The average molecular weight is 300 g/mol. The van der Waals surface area contributed by atoms with Gasteiger partial charge in [0.25, 0.3) is 5.91 Å². The number of rotatable bonds is 1. The Morgan fingerprint density at radius 3 is 2.76 bits per heavy atom. The number of amides is 1. The lowest BCUT2D eigenvalue weighted by atomic mass is 9.96. The fourth-order valence-corrected chi connectivity index (χ4v) is 2.99. The number of nitrogens with zero attached hydrogens (tertiary/aromatic N) is 2. The van der Waals surface area contributed by atoms with Crippen LogP contribution in [0, 0.1) is 5.92 Å². The number of nitrogens with two attached hydrogens (primary N) is 1. The molecular weight excluding hydrogens is 282 g/mol. The molecule has 1 aliphatic rings. The lowest BCUT2D eigenvalue weighted by Crippen LogP contribution is -2.49. The topological polar surface area (TPSA) is 51.3 Å². The van der Waals surface area contributed by atoms with Gasteiger partial charge in [0.2, 0.25) is 0 Å². The van der Waals surface area contributed by atoms with Crippen LogP contribution in [-0.4, -0.2) is 34.5 Å². The van der Waals surface area contributed by atoms with Gasteiger partial charge in [-0.15, -0.1) is 0 Å². The minimum absolute atomic E-state index is 0.0696. The van der Waals surface area contributed by atoms with Gasteiger partial charge in [-0.1, -0.05) is 6.92 Å². The number of hydrogen-bond donors (Lipinski definition) is 1. The van der Waals surface area contributed by atoms with Crippen molar-refractivity contribution in [1.29, 1.82) is 0 Å². The minimum atomic E-state index is 0.0696. The first-order valence-corrected chi connectivity index (χ1v) is 6.63. The molecule has 1 aliphatic heterocycles.